The lowest BCUT2D eigenvalue weighted by atomic mass is 9.95. The summed E-state index contributed by atoms with van der Waals surface area (Å²) >= 11 is 0. The second kappa shape index (κ2) is 8.99. The molecule has 0 radical (unpaired) electrons. The Morgan fingerprint density at radius 3 is 2.59 bits per heavy atom. The van der Waals surface area contributed by atoms with E-state index in [1.54, 1.807) is 25.3 Å². The van der Waals surface area contributed by atoms with Crippen molar-refractivity contribution in [3.8, 4) is 0 Å². The van der Waals surface area contributed by atoms with Crippen molar-refractivity contribution in [1.82, 2.24) is 14.7 Å². The van der Waals surface area contributed by atoms with Crippen LogP contribution in [-0.4, -0.2) is 73.3 Å². The number of hydrogen-bond acceptors (Lipinski definition) is 4. The van der Waals surface area contributed by atoms with Crippen LogP contribution in [0.4, 0.5) is 0 Å². The van der Waals surface area contributed by atoms with E-state index in [1.807, 2.05) is 4.90 Å². The molecule has 1 aromatic heterocycles. The van der Waals surface area contributed by atoms with E-state index in [-0.39, 0.29) is 11.8 Å². The number of carbonyl (C=O) groups excluding carboxylic acids is 2. The molecule has 0 unspecified atom stereocenters. The predicted octanol–water partition coefficient (Wildman–Crippen LogP) is 3.03. The fourth-order valence-electron chi connectivity index (χ4n) is 3.99. The van der Waals surface area contributed by atoms with Crippen LogP contribution in [0.15, 0.2) is 22.8 Å². The zero-order valence-electron chi connectivity index (χ0n) is 18.3. The molecule has 29 heavy (non-hydrogen) atoms. The summed E-state index contributed by atoms with van der Waals surface area (Å²) in [5, 5.41) is 1.04. The van der Waals surface area contributed by atoms with Crippen LogP contribution < -0.4 is 0 Å². The van der Waals surface area contributed by atoms with Gasteiger partial charge in [-0.1, -0.05) is 13.8 Å². The highest BCUT2D eigenvalue weighted by Gasteiger charge is 2.22. The molecular formula is C23H33N3O3. The summed E-state index contributed by atoms with van der Waals surface area (Å²) in [6, 6.07) is 4.25. The number of hydrogen-bond donors (Lipinski definition) is 0. The van der Waals surface area contributed by atoms with Gasteiger partial charge in [0.25, 0.3) is 0 Å². The molecule has 6 nitrogen and oxygen atoms in total. The highest BCUT2D eigenvalue weighted by molar-refractivity contribution is 5.88. The molecule has 0 saturated carbocycles. The van der Waals surface area contributed by atoms with Gasteiger partial charge in [-0.05, 0) is 42.5 Å². The summed E-state index contributed by atoms with van der Waals surface area (Å²) < 4.78 is 5.74. The first-order valence-corrected chi connectivity index (χ1v) is 10.5. The largest absolute Gasteiger partial charge is 0.464 e. The Hall–Kier alpha value is -2.34. The highest BCUT2D eigenvalue weighted by Crippen LogP contribution is 2.29. The van der Waals surface area contributed by atoms with Gasteiger partial charge in [0.15, 0.2) is 0 Å². The minimum Gasteiger partial charge on any atom is -0.464 e. The first-order chi connectivity index (χ1) is 13.8. The maximum Gasteiger partial charge on any atom is 0.236 e. The van der Waals surface area contributed by atoms with E-state index >= 15 is 0 Å². The molecule has 0 N–H and O–H groups in total. The molecule has 2 aromatic rings. The van der Waals surface area contributed by atoms with Crippen LogP contribution in [0.1, 0.15) is 42.9 Å². The van der Waals surface area contributed by atoms with E-state index in [0.29, 0.717) is 25.4 Å². The van der Waals surface area contributed by atoms with Gasteiger partial charge in [0.1, 0.15) is 5.58 Å². The number of likely N-dealkylation sites (N-methyl/N-ethyl adjacent to an activating group) is 1. The number of amides is 2. The topological polar surface area (TPSA) is 57.0 Å². The zero-order chi connectivity index (χ0) is 21.1. The number of benzene rings is 1. The van der Waals surface area contributed by atoms with Crippen molar-refractivity contribution in [2.24, 2.45) is 0 Å². The van der Waals surface area contributed by atoms with Crippen LogP contribution in [0.5, 0.6) is 0 Å². The van der Waals surface area contributed by atoms with E-state index in [4.69, 9.17) is 4.42 Å². The smallest absolute Gasteiger partial charge is 0.236 e. The second-order valence-electron chi connectivity index (χ2n) is 8.60. The Morgan fingerprint density at radius 1 is 1.14 bits per heavy atom. The predicted molar refractivity (Wildman–Crippen MR) is 115 cm³/mol. The Labute approximate surface area is 173 Å². The summed E-state index contributed by atoms with van der Waals surface area (Å²) in [5.41, 5.74) is 4.32. The van der Waals surface area contributed by atoms with Crippen LogP contribution >= 0.6 is 0 Å². The number of nitrogens with zero attached hydrogens (tertiary/aromatic N) is 3. The van der Waals surface area contributed by atoms with Gasteiger partial charge in [-0.3, -0.25) is 14.5 Å². The minimum atomic E-state index is 0.103. The Balaban J connectivity index is 1.67. The lowest BCUT2D eigenvalue weighted by Gasteiger charge is -2.22. The molecule has 0 spiro atoms. The molecule has 2 amide bonds. The van der Waals surface area contributed by atoms with E-state index in [9.17, 15) is 9.59 Å². The van der Waals surface area contributed by atoms with Gasteiger partial charge < -0.3 is 14.2 Å². The second-order valence-corrected chi connectivity index (χ2v) is 8.60. The summed E-state index contributed by atoms with van der Waals surface area (Å²) in [5.74, 6) is 0.658. The fraction of sp³-hybridized carbons (Fsp3) is 0.565. The van der Waals surface area contributed by atoms with Gasteiger partial charge in [-0.15, -0.1) is 0 Å². The molecule has 158 valence electrons. The fourth-order valence-corrected chi connectivity index (χ4v) is 3.99. The monoisotopic (exact) mass is 399 g/mol. The molecule has 1 fully saturated rings. The summed E-state index contributed by atoms with van der Waals surface area (Å²) in [7, 11) is 3.55. The van der Waals surface area contributed by atoms with Crippen molar-refractivity contribution >= 4 is 22.8 Å². The normalized spacial score (nSPS) is 15.7. The Morgan fingerprint density at radius 2 is 1.90 bits per heavy atom. The van der Waals surface area contributed by atoms with Crippen LogP contribution in [0.2, 0.25) is 0 Å². The maximum atomic E-state index is 13.0. The van der Waals surface area contributed by atoms with E-state index < -0.39 is 0 Å². The molecule has 1 aromatic carbocycles. The van der Waals surface area contributed by atoms with Crippen LogP contribution in [0, 0.1) is 6.92 Å². The van der Waals surface area contributed by atoms with E-state index in [0.717, 1.165) is 42.6 Å². The SMILES string of the molecule is Cc1cc2occ(CC(=O)N3CCCN(CC(=O)N(C)C)CC3)c2cc1C(C)C. The quantitative estimate of drug-likeness (QED) is 0.776. The average molecular weight is 400 g/mol. The molecule has 0 aliphatic carbocycles. The summed E-state index contributed by atoms with van der Waals surface area (Å²) in [6.07, 6.45) is 2.96. The van der Waals surface area contributed by atoms with Gasteiger partial charge in [0, 0.05) is 51.2 Å². The standard InChI is InChI=1S/C23H33N3O3/c1-16(2)19-13-20-18(15-29-21(20)11-17(19)3)12-22(27)26-8-6-7-25(9-10-26)14-23(28)24(4)5/h11,13,15-16H,6-10,12,14H2,1-5H3. The summed E-state index contributed by atoms with van der Waals surface area (Å²) in [4.78, 5) is 30.6. The van der Waals surface area contributed by atoms with Crippen LogP contribution in [0.25, 0.3) is 11.0 Å². The van der Waals surface area contributed by atoms with Gasteiger partial charge in [-0.2, -0.15) is 0 Å². The van der Waals surface area contributed by atoms with Gasteiger partial charge in [0.2, 0.25) is 11.8 Å². The van der Waals surface area contributed by atoms with Crippen molar-refractivity contribution in [2.45, 2.75) is 39.5 Å². The number of aryl methyl sites for hydroxylation is 1. The molecule has 6 heteroatoms. The molecule has 2 heterocycles. The van der Waals surface area contributed by atoms with E-state index in [1.165, 1.54) is 11.1 Å². The molecule has 1 aliphatic rings. The lowest BCUT2D eigenvalue weighted by molar-refractivity contribution is -0.130. The number of fused-ring (bicyclic) bond motifs is 1. The minimum absolute atomic E-state index is 0.103. The first kappa shape index (κ1) is 21.4. The van der Waals surface area contributed by atoms with Crippen molar-refractivity contribution in [2.75, 3.05) is 46.8 Å². The molecule has 3 rings (SSSR count). The molecule has 1 saturated heterocycles. The Kier molecular flexibility index (Phi) is 6.63. The molecule has 1 aliphatic heterocycles. The zero-order valence-corrected chi connectivity index (χ0v) is 18.3. The average Bonchev–Trinajstić information content (AvgIpc) is 2.88. The molecular weight excluding hydrogens is 366 g/mol. The number of rotatable bonds is 5. The van der Waals surface area contributed by atoms with Gasteiger partial charge >= 0.3 is 0 Å². The Bertz CT molecular complexity index is 885. The third-order valence-electron chi connectivity index (χ3n) is 5.80. The summed E-state index contributed by atoms with van der Waals surface area (Å²) in [6.45, 7) is 9.85. The van der Waals surface area contributed by atoms with Crippen molar-refractivity contribution in [3.63, 3.8) is 0 Å². The van der Waals surface area contributed by atoms with Crippen molar-refractivity contribution < 1.29 is 14.0 Å². The van der Waals surface area contributed by atoms with Crippen LogP contribution in [0.3, 0.4) is 0 Å². The lowest BCUT2D eigenvalue weighted by Crippen LogP contribution is -2.39. The maximum absolute atomic E-state index is 13.0. The van der Waals surface area contributed by atoms with E-state index in [2.05, 4.69) is 37.8 Å². The van der Waals surface area contributed by atoms with Gasteiger partial charge in [-0.25, -0.2) is 0 Å². The number of furan rings is 1. The van der Waals surface area contributed by atoms with Gasteiger partial charge in [0.05, 0.1) is 19.2 Å². The third-order valence-corrected chi connectivity index (χ3v) is 5.80. The van der Waals surface area contributed by atoms with Crippen molar-refractivity contribution in [1.29, 1.82) is 0 Å². The third kappa shape index (κ3) is 4.99. The molecule has 0 atom stereocenters. The highest BCUT2D eigenvalue weighted by atomic mass is 16.3. The molecule has 0 bridgehead atoms. The first-order valence-electron chi connectivity index (χ1n) is 10.5. The van der Waals surface area contributed by atoms with Crippen LogP contribution in [-0.2, 0) is 16.0 Å². The van der Waals surface area contributed by atoms with Crippen molar-refractivity contribution in [3.05, 3.63) is 35.1 Å². The number of carbonyl (C=O) groups is 2.